The SMILES string of the molecule is CCOc1ccc(/C=N/NC(=O)CCCOc2ccc(Cl)cc2C)cc1OC. The first-order valence-corrected chi connectivity index (χ1v) is 9.43. The summed E-state index contributed by atoms with van der Waals surface area (Å²) in [5.41, 5.74) is 4.27. The second-order valence-corrected chi connectivity index (χ2v) is 6.43. The Bertz CT molecular complexity index is 824. The highest BCUT2D eigenvalue weighted by atomic mass is 35.5. The zero-order valence-corrected chi connectivity index (χ0v) is 17.1. The third kappa shape index (κ3) is 6.78. The molecule has 0 spiro atoms. The van der Waals surface area contributed by atoms with Gasteiger partial charge in [-0.25, -0.2) is 5.43 Å². The van der Waals surface area contributed by atoms with Crippen molar-refractivity contribution < 1.29 is 19.0 Å². The minimum Gasteiger partial charge on any atom is -0.493 e. The lowest BCUT2D eigenvalue weighted by atomic mass is 10.2. The number of rotatable bonds is 10. The first-order chi connectivity index (χ1) is 13.5. The van der Waals surface area contributed by atoms with Crippen LogP contribution in [-0.2, 0) is 4.79 Å². The van der Waals surface area contributed by atoms with E-state index in [0.717, 1.165) is 16.9 Å². The Balaban J connectivity index is 1.74. The highest BCUT2D eigenvalue weighted by Crippen LogP contribution is 2.27. The molecule has 28 heavy (non-hydrogen) atoms. The molecule has 0 fully saturated rings. The molecule has 7 heteroatoms. The maximum absolute atomic E-state index is 11.9. The van der Waals surface area contributed by atoms with E-state index in [2.05, 4.69) is 10.5 Å². The van der Waals surface area contributed by atoms with Crippen molar-refractivity contribution in [2.75, 3.05) is 20.3 Å². The van der Waals surface area contributed by atoms with Crippen LogP contribution in [0.5, 0.6) is 17.2 Å². The Kier molecular flexibility index (Phi) is 8.62. The second kappa shape index (κ2) is 11.2. The summed E-state index contributed by atoms with van der Waals surface area (Å²) in [6.07, 6.45) is 2.46. The molecule has 0 radical (unpaired) electrons. The fourth-order valence-electron chi connectivity index (χ4n) is 2.46. The van der Waals surface area contributed by atoms with Gasteiger partial charge in [0.25, 0.3) is 0 Å². The van der Waals surface area contributed by atoms with Crippen LogP contribution in [0.3, 0.4) is 0 Å². The Hall–Kier alpha value is -2.73. The molecule has 0 unspecified atom stereocenters. The average molecular weight is 405 g/mol. The van der Waals surface area contributed by atoms with Crippen LogP contribution in [0.1, 0.15) is 30.9 Å². The number of aryl methyl sites for hydroxylation is 1. The van der Waals surface area contributed by atoms with E-state index in [1.165, 1.54) is 0 Å². The maximum Gasteiger partial charge on any atom is 0.240 e. The van der Waals surface area contributed by atoms with Gasteiger partial charge >= 0.3 is 0 Å². The number of nitrogens with zero attached hydrogens (tertiary/aromatic N) is 1. The molecular weight excluding hydrogens is 380 g/mol. The van der Waals surface area contributed by atoms with E-state index in [4.69, 9.17) is 25.8 Å². The number of hydrogen-bond acceptors (Lipinski definition) is 5. The molecule has 2 rings (SSSR count). The number of methoxy groups -OCH3 is 1. The molecule has 0 aliphatic heterocycles. The van der Waals surface area contributed by atoms with E-state index in [1.54, 1.807) is 25.5 Å². The van der Waals surface area contributed by atoms with Crippen molar-refractivity contribution in [1.82, 2.24) is 5.43 Å². The zero-order valence-electron chi connectivity index (χ0n) is 16.3. The van der Waals surface area contributed by atoms with Crippen LogP contribution in [0.25, 0.3) is 0 Å². The third-order valence-corrected chi connectivity index (χ3v) is 4.07. The topological polar surface area (TPSA) is 69.2 Å². The number of benzene rings is 2. The van der Waals surface area contributed by atoms with Gasteiger partial charge in [0.1, 0.15) is 5.75 Å². The number of hydrogen-bond donors (Lipinski definition) is 1. The lowest BCUT2D eigenvalue weighted by molar-refractivity contribution is -0.121. The fourth-order valence-corrected chi connectivity index (χ4v) is 2.69. The van der Waals surface area contributed by atoms with Gasteiger partial charge in [0.05, 0.1) is 26.5 Å². The summed E-state index contributed by atoms with van der Waals surface area (Å²) in [5.74, 6) is 1.88. The first kappa shape index (κ1) is 21.6. The van der Waals surface area contributed by atoms with Crippen LogP contribution < -0.4 is 19.6 Å². The Morgan fingerprint density at radius 3 is 2.64 bits per heavy atom. The molecular formula is C21H25ClN2O4. The van der Waals surface area contributed by atoms with Crippen molar-refractivity contribution in [3.05, 3.63) is 52.5 Å². The van der Waals surface area contributed by atoms with Gasteiger partial charge in [0.15, 0.2) is 11.5 Å². The standard InChI is InChI=1S/C21H25ClN2O4/c1-4-27-19-9-7-16(13-20(19)26-3)14-23-24-21(25)6-5-11-28-18-10-8-17(22)12-15(18)2/h7-10,12-14H,4-6,11H2,1-3H3,(H,24,25)/b23-14+. The van der Waals surface area contributed by atoms with E-state index in [1.807, 2.05) is 38.1 Å². The summed E-state index contributed by atoms with van der Waals surface area (Å²) < 4.78 is 16.4. The minimum absolute atomic E-state index is 0.175. The Morgan fingerprint density at radius 2 is 1.93 bits per heavy atom. The van der Waals surface area contributed by atoms with Crippen LogP contribution >= 0.6 is 11.6 Å². The molecule has 0 heterocycles. The van der Waals surface area contributed by atoms with E-state index in [0.29, 0.717) is 42.6 Å². The highest BCUT2D eigenvalue weighted by Gasteiger charge is 2.05. The monoisotopic (exact) mass is 404 g/mol. The van der Waals surface area contributed by atoms with Crippen LogP contribution in [0, 0.1) is 6.92 Å². The summed E-state index contributed by atoms with van der Waals surface area (Å²) in [6, 6.07) is 10.9. The van der Waals surface area contributed by atoms with Crippen molar-refractivity contribution in [3.8, 4) is 17.2 Å². The summed E-state index contributed by atoms with van der Waals surface area (Å²) in [7, 11) is 1.58. The first-order valence-electron chi connectivity index (χ1n) is 9.05. The number of carbonyl (C=O) groups is 1. The third-order valence-electron chi connectivity index (χ3n) is 3.83. The number of halogens is 1. The summed E-state index contributed by atoms with van der Waals surface area (Å²) in [5, 5.41) is 4.65. The van der Waals surface area contributed by atoms with Crippen molar-refractivity contribution >= 4 is 23.7 Å². The van der Waals surface area contributed by atoms with E-state index >= 15 is 0 Å². The molecule has 0 aliphatic carbocycles. The van der Waals surface area contributed by atoms with Gasteiger partial charge < -0.3 is 14.2 Å². The van der Waals surface area contributed by atoms with Gasteiger partial charge in [-0.1, -0.05) is 11.6 Å². The molecule has 150 valence electrons. The van der Waals surface area contributed by atoms with Gasteiger partial charge in [-0.05, 0) is 67.8 Å². The van der Waals surface area contributed by atoms with Gasteiger partial charge in [0, 0.05) is 11.4 Å². The predicted octanol–water partition coefficient (Wildman–Crippen LogP) is 4.37. The average Bonchev–Trinajstić information content (AvgIpc) is 2.67. The molecule has 2 aromatic rings. The van der Waals surface area contributed by atoms with Crippen molar-refractivity contribution in [3.63, 3.8) is 0 Å². The number of hydrazone groups is 1. The molecule has 0 saturated carbocycles. The molecule has 0 atom stereocenters. The fraction of sp³-hybridized carbons (Fsp3) is 0.333. The molecule has 0 saturated heterocycles. The smallest absolute Gasteiger partial charge is 0.240 e. The lowest BCUT2D eigenvalue weighted by Gasteiger charge is -2.09. The molecule has 0 aromatic heterocycles. The highest BCUT2D eigenvalue weighted by molar-refractivity contribution is 6.30. The molecule has 1 amide bonds. The number of nitrogens with one attached hydrogen (secondary N) is 1. The zero-order chi connectivity index (χ0) is 20.4. The molecule has 1 N–H and O–H groups in total. The lowest BCUT2D eigenvalue weighted by Crippen LogP contribution is -2.18. The molecule has 0 aliphatic rings. The minimum atomic E-state index is -0.175. The van der Waals surface area contributed by atoms with Crippen molar-refractivity contribution in [1.29, 1.82) is 0 Å². The quantitative estimate of drug-likeness (QED) is 0.363. The summed E-state index contributed by atoms with van der Waals surface area (Å²) in [4.78, 5) is 11.9. The van der Waals surface area contributed by atoms with Gasteiger partial charge in [0.2, 0.25) is 5.91 Å². The van der Waals surface area contributed by atoms with Crippen LogP contribution in [0.2, 0.25) is 5.02 Å². The maximum atomic E-state index is 11.9. The number of ether oxygens (including phenoxy) is 3. The summed E-state index contributed by atoms with van der Waals surface area (Å²) >= 11 is 5.92. The van der Waals surface area contributed by atoms with Crippen molar-refractivity contribution in [2.45, 2.75) is 26.7 Å². The Morgan fingerprint density at radius 1 is 1.14 bits per heavy atom. The molecule has 0 bridgehead atoms. The van der Waals surface area contributed by atoms with E-state index < -0.39 is 0 Å². The van der Waals surface area contributed by atoms with Crippen LogP contribution in [0.4, 0.5) is 0 Å². The van der Waals surface area contributed by atoms with Gasteiger partial charge in [-0.2, -0.15) is 5.10 Å². The van der Waals surface area contributed by atoms with Crippen molar-refractivity contribution in [2.24, 2.45) is 5.10 Å². The Labute approximate surface area is 170 Å². The van der Waals surface area contributed by atoms with Gasteiger partial charge in [-0.15, -0.1) is 0 Å². The van der Waals surface area contributed by atoms with Gasteiger partial charge in [-0.3, -0.25) is 4.79 Å². The molecule has 6 nitrogen and oxygen atoms in total. The number of carbonyl (C=O) groups excluding carboxylic acids is 1. The largest absolute Gasteiger partial charge is 0.493 e. The normalized spacial score (nSPS) is 10.7. The number of amides is 1. The van der Waals surface area contributed by atoms with E-state index in [9.17, 15) is 4.79 Å². The predicted molar refractivity (Wildman–Crippen MR) is 111 cm³/mol. The summed E-state index contributed by atoms with van der Waals surface area (Å²) in [6.45, 7) is 4.83. The second-order valence-electron chi connectivity index (χ2n) is 6.00. The van der Waals surface area contributed by atoms with Crippen LogP contribution in [-0.4, -0.2) is 32.4 Å². The van der Waals surface area contributed by atoms with Crippen LogP contribution in [0.15, 0.2) is 41.5 Å². The van der Waals surface area contributed by atoms with E-state index in [-0.39, 0.29) is 5.91 Å². The molecule has 2 aromatic carbocycles.